The molecule has 132 valence electrons. The Balaban J connectivity index is 2.06. The number of carbonyl (C=O) groups excluding carboxylic acids is 2. The van der Waals surface area contributed by atoms with Gasteiger partial charge in [0.15, 0.2) is 0 Å². The molecule has 0 radical (unpaired) electrons. The van der Waals surface area contributed by atoms with Crippen LogP contribution in [0.2, 0.25) is 0 Å². The molecule has 0 spiro atoms. The van der Waals surface area contributed by atoms with Gasteiger partial charge in [-0.15, -0.1) is 0 Å². The molecular formula is C17H23BrN2O4. The molecule has 7 heteroatoms. The molecule has 0 aliphatic carbocycles. The van der Waals surface area contributed by atoms with Crippen molar-refractivity contribution in [1.82, 2.24) is 5.32 Å². The molecule has 1 heterocycles. The molecular weight excluding hydrogens is 376 g/mol. The summed E-state index contributed by atoms with van der Waals surface area (Å²) in [6.45, 7) is 2.47. The standard InChI is InChI=1S/C17H23BrN2O4/c1-2-23-16(21)9-14(11-3-5-12(18)6-4-11)20-17(22)15-8-7-13(10-19)24-15/h3-6,13-15H,2,7-10,19H2,1H3,(H,20,22)/t13-,14?,15+/m1/s1. The quantitative estimate of drug-likeness (QED) is 0.685. The predicted molar refractivity (Wildman–Crippen MR) is 93.2 cm³/mol. The van der Waals surface area contributed by atoms with Gasteiger partial charge in [0, 0.05) is 11.0 Å². The number of nitrogens with one attached hydrogen (secondary N) is 1. The maximum atomic E-state index is 12.5. The number of halogens is 1. The summed E-state index contributed by atoms with van der Waals surface area (Å²) in [5.74, 6) is -0.568. The fourth-order valence-corrected chi connectivity index (χ4v) is 2.93. The van der Waals surface area contributed by atoms with Crippen LogP contribution in [0.25, 0.3) is 0 Å². The third kappa shape index (κ3) is 5.29. The van der Waals surface area contributed by atoms with Gasteiger partial charge in [-0.1, -0.05) is 28.1 Å². The molecule has 0 bridgehead atoms. The summed E-state index contributed by atoms with van der Waals surface area (Å²) in [5, 5.41) is 2.91. The van der Waals surface area contributed by atoms with E-state index >= 15 is 0 Å². The number of amides is 1. The summed E-state index contributed by atoms with van der Waals surface area (Å²) in [6.07, 6.45) is 0.903. The van der Waals surface area contributed by atoms with E-state index in [4.69, 9.17) is 15.2 Å². The van der Waals surface area contributed by atoms with Crippen molar-refractivity contribution in [1.29, 1.82) is 0 Å². The zero-order chi connectivity index (χ0) is 17.5. The van der Waals surface area contributed by atoms with E-state index in [0.29, 0.717) is 19.6 Å². The van der Waals surface area contributed by atoms with E-state index in [1.165, 1.54) is 0 Å². The fraction of sp³-hybridized carbons (Fsp3) is 0.529. The van der Waals surface area contributed by atoms with Crippen LogP contribution >= 0.6 is 15.9 Å². The number of rotatable bonds is 7. The molecule has 1 aliphatic rings. The Labute approximate surface area is 150 Å². The van der Waals surface area contributed by atoms with Crippen LogP contribution in [0.15, 0.2) is 28.7 Å². The molecule has 1 aromatic carbocycles. The van der Waals surface area contributed by atoms with Gasteiger partial charge in [0.1, 0.15) is 6.10 Å². The maximum absolute atomic E-state index is 12.5. The van der Waals surface area contributed by atoms with Crippen LogP contribution in [0, 0.1) is 0 Å². The van der Waals surface area contributed by atoms with Crippen LogP contribution in [0.4, 0.5) is 0 Å². The van der Waals surface area contributed by atoms with E-state index < -0.39 is 12.1 Å². The second-order valence-electron chi connectivity index (χ2n) is 5.68. The van der Waals surface area contributed by atoms with Gasteiger partial charge in [0.2, 0.25) is 5.91 Å². The number of hydrogen-bond acceptors (Lipinski definition) is 5. The van der Waals surface area contributed by atoms with Gasteiger partial charge < -0.3 is 20.5 Å². The number of benzene rings is 1. The Hall–Kier alpha value is -1.44. The number of ether oxygens (including phenoxy) is 2. The molecule has 1 fully saturated rings. The predicted octanol–water partition coefficient (Wildman–Crippen LogP) is 2.07. The molecule has 2 rings (SSSR count). The van der Waals surface area contributed by atoms with Gasteiger partial charge in [-0.2, -0.15) is 0 Å². The molecule has 3 atom stereocenters. The van der Waals surface area contributed by atoms with Gasteiger partial charge in [-0.25, -0.2) is 0 Å². The molecule has 1 aliphatic heterocycles. The topological polar surface area (TPSA) is 90.7 Å². The minimum Gasteiger partial charge on any atom is -0.466 e. The number of carbonyl (C=O) groups is 2. The zero-order valence-electron chi connectivity index (χ0n) is 13.7. The van der Waals surface area contributed by atoms with E-state index in [-0.39, 0.29) is 24.4 Å². The van der Waals surface area contributed by atoms with Gasteiger partial charge in [-0.3, -0.25) is 9.59 Å². The first kappa shape index (κ1) is 18.9. The number of nitrogens with two attached hydrogens (primary N) is 1. The normalized spacial score (nSPS) is 21.3. The van der Waals surface area contributed by atoms with Crippen LogP contribution in [0.1, 0.15) is 37.8 Å². The highest BCUT2D eigenvalue weighted by molar-refractivity contribution is 9.10. The van der Waals surface area contributed by atoms with E-state index in [1.807, 2.05) is 24.3 Å². The Morgan fingerprint density at radius 1 is 1.38 bits per heavy atom. The molecule has 24 heavy (non-hydrogen) atoms. The Morgan fingerprint density at radius 3 is 2.67 bits per heavy atom. The average molecular weight is 399 g/mol. The molecule has 1 saturated heterocycles. The largest absolute Gasteiger partial charge is 0.466 e. The van der Waals surface area contributed by atoms with E-state index in [1.54, 1.807) is 6.92 Å². The molecule has 0 aromatic heterocycles. The van der Waals surface area contributed by atoms with Gasteiger partial charge >= 0.3 is 5.97 Å². The van der Waals surface area contributed by atoms with Crippen LogP contribution in [0.5, 0.6) is 0 Å². The van der Waals surface area contributed by atoms with E-state index in [2.05, 4.69) is 21.2 Å². The Morgan fingerprint density at radius 2 is 2.08 bits per heavy atom. The Kier molecular flexibility index (Phi) is 7.20. The third-order valence-electron chi connectivity index (χ3n) is 3.93. The molecule has 1 amide bonds. The fourth-order valence-electron chi connectivity index (χ4n) is 2.67. The first-order valence-electron chi connectivity index (χ1n) is 8.10. The average Bonchev–Trinajstić information content (AvgIpc) is 3.04. The van der Waals surface area contributed by atoms with Crippen LogP contribution < -0.4 is 11.1 Å². The van der Waals surface area contributed by atoms with Crippen molar-refractivity contribution in [2.45, 2.75) is 44.4 Å². The van der Waals surface area contributed by atoms with Gasteiger partial charge in [0.05, 0.1) is 25.2 Å². The lowest BCUT2D eigenvalue weighted by molar-refractivity contribution is -0.144. The second kappa shape index (κ2) is 9.15. The monoisotopic (exact) mass is 398 g/mol. The second-order valence-corrected chi connectivity index (χ2v) is 6.60. The Bertz CT molecular complexity index is 564. The number of esters is 1. The minimum atomic E-state index is -0.515. The first-order chi connectivity index (χ1) is 11.5. The van der Waals surface area contributed by atoms with Crippen molar-refractivity contribution in [3.05, 3.63) is 34.3 Å². The molecule has 1 unspecified atom stereocenters. The van der Waals surface area contributed by atoms with Gasteiger partial charge in [0.25, 0.3) is 0 Å². The third-order valence-corrected chi connectivity index (χ3v) is 4.46. The lowest BCUT2D eigenvalue weighted by Crippen LogP contribution is -2.38. The summed E-state index contributed by atoms with van der Waals surface area (Å²) in [4.78, 5) is 24.3. The molecule has 3 N–H and O–H groups in total. The van der Waals surface area contributed by atoms with Crippen molar-refractivity contribution in [2.24, 2.45) is 5.73 Å². The van der Waals surface area contributed by atoms with Crippen LogP contribution in [-0.4, -0.2) is 37.2 Å². The smallest absolute Gasteiger partial charge is 0.308 e. The lowest BCUT2D eigenvalue weighted by atomic mass is 10.0. The SMILES string of the molecule is CCOC(=O)CC(NC(=O)[C@@H]1CC[C@H](CN)O1)c1ccc(Br)cc1. The summed E-state index contributed by atoms with van der Waals surface area (Å²) in [6, 6.07) is 7.02. The van der Waals surface area contributed by atoms with Crippen molar-refractivity contribution in [3.8, 4) is 0 Å². The molecule has 6 nitrogen and oxygen atoms in total. The van der Waals surface area contributed by atoms with Crippen LogP contribution in [-0.2, 0) is 19.1 Å². The maximum Gasteiger partial charge on any atom is 0.308 e. The van der Waals surface area contributed by atoms with Crippen molar-refractivity contribution in [2.75, 3.05) is 13.2 Å². The highest BCUT2D eigenvalue weighted by atomic mass is 79.9. The summed E-state index contributed by atoms with van der Waals surface area (Å²) in [5.41, 5.74) is 6.42. The van der Waals surface area contributed by atoms with Crippen molar-refractivity contribution >= 4 is 27.8 Å². The first-order valence-corrected chi connectivity index (χ1v) is 8.89. The van der Waals surface area contributed by atoms with Gasteiger partial charge in [-0.05, 0) is 37.5 Å². The van der Waals surface area contributed by atoms with Crippen molar-refractivity contribution in [3.63, 3.8) is 0 Å². The molecule has 1 aromatic rings. The van der Waals surface area contributed by atoms with E-state index in [9.17, 15) is 9.59 Å². The minimum absolute atomic E-state index is 0.0723. The summed E-state index contributed by atoms with van der Waals surface area (Å²) in [7, 11) is 0. The lowest BCUT2D eigenvalue weighted by Gasteiger charge is -2.21. The highest BCUT2D eigenvalue weighted by Gasteiger charge is 2.31. The summed E-state index contributed by atoms with van der Waals surface area (Å²) >= 11 is 3.38. The van der Waals surface area contributed by atoms with Crippen molar-refractivity contribution < 1.29 is 19.1 Å². The number of hydrogen-bond donors (Lipinski definition) is 2. The highest BCUT2D eigenvalue weighted by Crippen LogP contribution is 2.23. The zero-order valence-corrected chi connectivity index (χ0v) is 15.3. The summed E-state index contributed by atoms with van der Waals surface area (Å²) < 4.78 is 11.6. The van der Waals surface area contributed by atoms with E-state index in [0.717, 1.165) is 16.5 Å². The molecule has 0 saturated carbocycles. The van der Waals surface area contributed by atoms with Crippen LogP contribution in [0.3, 0.4) is 0 Å².